The Labute approximate surface area is 156 Å². The van der Waals surface area contributed by atoms with Gasteiger partial charge in [0.25, 0.3) is 0 Å². The molecule has 0 saturated heterocycles. The molecule has 0 spiro atoms. The van der Waals surface area contributed by atoms with Crippen LogP contribution in [0.1, 0.15) is 11.1 Å². The predicted octanol–water partition coefficient (Wildman–Crippen LogP) is 5.81. The van der Waals surface area contributed by atoms with Crippen LogP contribution in [0.3, 0.4) is 0 Å². The summed E-state index contributed by atoms with van der Waals surface area (Å²) < 4.78 is 25.2. The second kappa shape index (κ2) is 7.05. The molecular formula is C15H10Br2Cl2O2S. The predicted molar refractivity (Wildman–Crippen MR) is 99.1 cm³/mol. The average Bonchev–Trinajstić information content (AvgIpc) is 2.41. The van der Waals surface area contributed by atoms with Crippen LogP contribution in [0.5, 0.6) is 0 Å². The molecule has 0 fully saturated rings. The van der Waals surface area contributed by atoms with E-state index in [1.807, 2.05) is 24.3 Å². The van der Waals surface area contributed by atoms with E-state index in [1.54, 1.807) is 18.2 Å². The van der Waals surface area contributed by atoms with Gasteiger partial charge >= 0.3 is 0 Å². The third-order valence-corrected chi connectivity index (χ3v) is 5.94. The molecule has 0 N–H and O–H groups in total. The highest BCUT2D eigenvalue weighted by Crippen LogP contribution is 2.34. The van der Waals surface area contributed by atoms with E-state index in [4.69, 9.17) is 23.2 Å². The van der Waals surface area contributed by atoms with Gasteiger partial charge in [0, 0.05) is 20.8 Å². The van der Waals surface area contributed by atoms with E-state index in [1.165, 1.54) is 0 Å². The standard InChI is InChI=1S/C15H10Br2Cl2O2S/c1-22(20,21)13-8-10(4-7-12(13)17)14(15(18)19)9-2-5-11(16)6-3-9/h2-8H,1H3. The Balaban J connectivity index is 2.66. The van der Waals surface area contributed by atoms with Crippen LogP contribution in [0, 0.1) is 0 Å². The lowest BCUT2D eigenvalue weighted by Crippen LogP contribution is -2.00. The van der Waals surface area contributed by atoms with Crippen molar-refractivity contribution in [1.82, 2.24) is 0 Å². The van der Waals surface area contributed by atoms with Gasteiger partial charge in [-0.05, 0) is 51.3 Å². The molecule has 0 atom stereocenters. The van der Waals surface area contributed by atoms with Crippen molar-refractivity contribution in [3.8, 4) is 0 Å². The van der Waals surface area contributed by atoms with E-state index in [2.05, 4.69) is 31.9 Å². The molecule has 0 aliphatic carbocycles. The molecule has 0 bridgehead atoms. The first-order valence-electron chi connectivity index (χ1n) is 6.01. The van der Waals surface area contributed by atoms with Gasteiger partial charge in [-0.2, -0.15) is 0 Å². The lowest BCUT2D eigenvalue weighted by molar-refractivity contribution is 0.601. The van der Waals surface area contributed by atoms with Crippen LogP contribution in [0.2, 0.25) is 0 Å². The minimum atomic E-state index is -3.37. The highest BCUT2D eigenvalue weighted by molar-refractivity contribution is 9.10. The van der Waals surface area contributed by atoms with Crippen LogP contribution >= 0.6 is 55.1 Å². The highest BCUT2D eigenvalue weighted by Gasteiger charge is 2.16. The van der Waals surface area contributed by atoms with Crippen molar-refractivity contribution in [3.05, 3.63) is 67.0 Å². The summed E-state index contributed by atoms with van der Waals surface area (Å²) in [4.78, 5) is 0.189. The molecule has 0 unspecified atom stereocenters. The largest absolute Gasteiger partial charge is 0.224 e. The van der Waals surface area contributed by atoms with Gasteiger partial charge in [0.15, 0.2) is 9.84 Å². The monoisotopic (exact) mass is 482 g/mol. The van der Waals surface area contributed by atoms with Crippen molar-refractivity contribution in [2.45, 2.75) is 4.90 Å². The minimum absolute atomic E-state index is 0.0732. The molecule has 0 aromatic heterocycles. The number of hydrogen-bond acceptors (Lipinski definition) is 2. The van der Waals surface area contributed by atoms with Gasteiger partial charge in [-0.25, -0.2) is 8.42 Å². The molecule has 0 aliphatic heterocycles. The topological polar surface area (TPSA) is 34.1 Å². The summed E-state index contributed by atoms with van der Waals surface area (Å²) in [7, 11) is -3.37. The van der Waals surface area contributed by atoms with Crippen LogP contribution in [0.25, 0.3) is 5.57 Å². The molecule has 116 valence electrons. The lowest BCUT2D eigenvalue weighted by Gasteiger charge is -2.11. The van der Waals surface area contributed by atoms with Crippen molar-refractivity contribution in [2.24, 2.45) is 0 Å². The Hall–Kier alpha value is -0.330. The van der Waals surface area contributed by atoms with E-state index in [9.17, 15) is 8.42 Å². The van der Waals surface area contributed by atoms with Crippen LogP contribution in [0.15, 0.2) is 60.8 Å². The number of sulfone groups is 1. The maximum Gasteiger partial charge on any atom is 0.176 e. The van der Waals surface area contributed by atoms with Crippen molar-refractivity contribution in [1.29, 1.82) is 0 Å². The first-order chi connectivity index (χ1) is 10.2. The molecular weight excluding hydrogens is 475 g/mol. The van der Waals surface area contributed by atoms with Crippen LogP contribution in [-0.2, 0) is 9.84 Å². The summed E-state index contributed by atoms with van der Waals surface area (Å²) in [5.41, 5.74) is 2.00. The quantitative estimate of drug-likeness (QED) is 0.551. The van der Waals surface area contributed by atoms with E-state index in [0.29, 0.717) is 15.6 Å². The Bertz CT molecular complexity index is 840. The average molecular weight is 485 g/mol. The van der Waals surface area contributed by atoms with Gasteiger partial charge in [0.2, 0.25) is 0 Å². The molecule has 0 heterocycles. The third kappa shape index (κ3) is 4.15. The zero-order chi connectivity index (χ0) is 16.5. The molecule has 2 nitrogen and oxygen atoms in total. The number of benzene rings is 2. The first kappa shape index (κ1) is 18.0. The summed E-state index contributed by atoms with van der Waals surface area (Å²) in [5, 5.41) is 0. The molecule has 2 aromatic rings. The van der Waals surface area contributed by atoms with E-state index < -0.39 is 9.84 Å². The second-order valence-electron chi connectivity index (χ2n) is 4.56. The van der Waals surface area contributed by atoms with Crippen molar-refractivity contribution < 1.29 is 8.42 Å². The molecule has 2 aromatic carbocycles. The summed E-state index contributed by atoms with van der Waals surface area (Å²) in [5.74, 6) is 0. The van der Waals surface area contributed by atoms with E-state index >= 15 is 0 Å². The maximum atomic E-state index is 11.9. The molecule has 2 rings (SSSR count). The van der Waals surface area contributed by atoms with Gasteiger partial charge < -0.3 is 0 Å². The summed E-state index contributed by atoms with van der Waals surface area (Å²) in [6.07, 6.45) is 1.15. The molecule has 22 heavy (non-hydrogen) atoms. The summed E-state index contributed by atoms with van der Waals surface area (Å²) in [6, 6.07) is 12.4. The fraction of sp³-hybridized carbons (Fsp3) is 0.0667. The van der Waals surface area contributed by atoms with Gasteiger partial charge in [-0.3, -0.25) is 0 Å². The molecule has 7 heteroatoms. The minimum Gasteiger partial charge on any atom is -0.224 e. The van der Waals surface area contributed by atoms with Gasteiger partial charge in [0.05, 0.1) is 4.90 Å². The maximum absolute atomic E-state index is 11.9. The van der Waals surface area contributed by atoms with Gasteiger partial charge in [-0.15, -0.1) is 0 Å². The SMILES string of the molecule is CS(=O)(=O)c1cc(C(=C(Cl)Cl)c2ccc(Br)cc2)ccc1Br. The summed E-state index contributed by atoms with van der Waals surface area (Å²) in [6.45, 7) is 0. The number of rotatable bonds is 3. The van der Waals surface area contributed by atoms with E-state index in [-0.39, 0.29) is 9.39 Å². The van der Waals surface area contributed by atoms with E-state index in [0.717, 1.165) is 16.3 Å². The Morgan fingerprint density at radius 3 is 2.00 bits per heavy atom. The molecule has 0 saturated carbocycles. The lowest BCUT2D eigenvalue weighted by atomic mass is 10.00. The molecule has 0 radical (unpaired) electrons. The summed E-state index contributed by atoms with van der Waals surface area (Å²) >= 11 is 18.7. The van der Waals surface area contributed by atoms with Gasteiger partial charge in [0.1, 0.15) is 4.49 Å². The zero-order valence-electron chi connectivity index (χ0n) is 11.3. The highest BCUT2D eigenvalue weighted by atomic mass is 79.9. The van der Waals surface area contributed by atoms with Crippen molar-refractivity contribution >= 4 is 70.5 Å². The van der Waals surface area contributed by atoms with Crippen LogP contribution in [-0.4, -0.2) is 14.7 Å². The number of halogens is 4. The van der Waals surface area contributed by atoms with Crippen molar-refractivity contribution in [2.75, 3.05) is 6.26 Å². The Kier molecular flexibility index (Phi) is 5.78. The molecule has 0 amide bonds. The van der Waals surface area contributed by atoms with Crippen molar-refractivity contribution in [3.63, 3.8) is 0 Å². The smallest absolute Gasteiger partial charge is 0.176 e. The second-order valence-corrected chi connectivity index (χ2v) is 9.26. The number of hydrogen-bond donors (Lipinski definition) is 0. The third-order valence-electron chi connectivity index (χ3n) is 2.94. The normalized spacial score (nSPS) is 11.3. The first-order valence-corrected chi connectivity index (χ1v) is 10.2. The van der Waals surface area contributed by atoms with Gasteiger partial charge in [-0.1, -0.05) is 57.3 Å². The molecule has 0 aliphatic rings. The fourth-order valence-electron chi connectivity index (χ4n) is 1.94. The Morgan fingerprint density at radius 1 is 0.955 bits per heavy atom. The van der Waals surface area contributed by atoms with Crippen LogP contribution < -0.4 is 0 Å². The van der Waals surface area contributed by atoms with Crippen LogP contribution in [0.4, 0.5) is 0 Å². The fourth-order valence-corrected chi connectivity index (χ4v) is 4.54. The Morgan fingerprint density at radius 2 is 1.50 bits per heavy atom. The zero-order valence-corrected chi connectivity index (χ0v) is 16.8.